The Balaban J connectivity index is 2.10. The Labute approximate surface area is 117 Å². The molecule has 1 aliphatic heterocycles. The van der Waals surface area contributed by atoms with E-state index >= 15 is 0 Å². The van der Waals surface area contributed by atoms with E-state index in [1.54, 1.807) is 0 Å². The lowest BCUT2D eigenvalue weighted by Gasteiger charge is -2.26. The summed E-state index contributed by atoms with van der Waals surface area (Å²) >= 11 is 11.8. The summed E-state index contributed by atoms with van der Waals surface area (Å²) in [5, 5.41) is 7.89. The molecule has 1 aliphatic rings. The molecular formula is C11H17Cl2N5. The molecule has 1 aromatic rings. The average molecular weight is 290 g/mol. The SMILES string of the molecule is CCN(CC)C1CCN(c2nc(Cl)nnc2Cl)C1. The molecule has 18 heavy (non-hydrogen) atoms. The number of hydrogen-bond acceptors (Lipinski definition) is 5. The lowest BCUT2D eigenvalue weighted by Crippen LogP contribution is -2.37. The molecular weight excluding hydrogens is 273 g/mol. The molecule has 0 saturated carbocycles. The zero-order valence-corrected chi connectivity index (χ0v) is 12.1. The van der Waals surface area contributed by atoms with Crippen molar-refractivity contribution in [3.8, 4) is 0 Å². The molecule has 0 N–H and O–H groups in total. The fourth-order valence-electron chi connectivity index (χ4n) is 2.46. The number of likely N-dealkylation sites (N-methyl/N-ethyl adjacent to an activating group) is 1. The standard InChI is InChI=1S/C11H17Cl2N5/c1-3-17(4-2)8-5-6-18(7-8)10-9(12)15-16-11(13)14-10/h8H,3-7H2,1-2H3. The van der Waals surface area contributed by atoms with E-state index in [1.165, 1.54) is 0 Å². The van der Waals surface area contributed by atoms with Crippen LogP contribution in [0.3, 0.4) is 0 Å². The number of hydrogen-bond donors (Lipinski definition) is 0. The maximum absolute atomic E-state index is 6.02. The molecule has 1 atom stereocenters. The van der Waals surface area contributed by atoms with Gasteiger partial charge in [0.15, 0.2) is 11.0 Å². The third kappa shape index (κ3) is 2.84. The number of rotatable bonds is 4. The molecule has 1 unspecified atom stereocenters. The van der Waals surface area contributed by atoms with Gasteiger partial charge in [-0.1, -0.05) is 25.4 Å². The van der Waals surface area contributed by atoms with Gasteiger partial charge in [-0.2, -0.15) is 4.98 Å². The van der Waals surface area contributed by atoms with Crippen molar-refractivity contribution < 1.29 is 0 Å². The zero-order chi connectivity index (χ0) is 13.1. The Bertz CT molecular complexity index is 410. The number of aromatic nitrogens is 3. The molecule has 1 fully saturated rings. The molecule has 0 bridgehead atoms. The van der Waals surface area contributed by atoms with Crippen molar-refractivity contribution in [3.63, 3.8) is 0 Å². The van der Waals surface area contributed by atoms with Crippen LogP contribution in [0.5, 0.6) is 0 Å². The highest BCUT2D eigenvalue weighted by Gasteiger charge is 2.28. The Kier molecular flexibility index (Phi) is 4.59. The highest BCUT2D eigenvalue weighted by atomic mass is 35.5. The van der Waals surface area contributed by atoms with E-state index in [9.17, 15) is 0 Å². The summed E-state index contributed by atoms with van der Waals surface area (Å²) in [6, 6.07) is 0.546. The van der Waals surface area contributed by atoms with Gasteiger partial charge in [-0.3, -0.25) is 4.90 Å². The molecule has 0 spiro atoms. The number of nitrogens with zero attached hydrogens (tertiary/aromatic N) is 5. The summed E-state index contributed by atoms with van der Waals surface area (Å²) in [5.74, 6) is 0.645. The maximum atomic E-state index is 6.02. The molecule has 100 valence electrons. The van der Waals surface area contributed by atoms with Crippen LogP contribution in [0.15, 0.2) is 0 Å². The first-order chi connectivity index (χ1) is 8.65. The minimum atomic E-state index is 0.140. The normalized spacial score (nSPS) is 19.8. The first-order valence-electron chi connectivity index (χ1n) is 6.20. The average Bonchev–Trinajstić information content (AvgIpc) is 2.83. The van der Waals surface area contributed by atoms with Gasteiger partial charge in [-0.15, -0.1) is 10.2 Å². The molecule has 1 aromatic heterocycles. The lowest BCUT2D eigenvalue weighted by atomic mass is 10.2. The van der Waals surface area contributed by atoms with Crippen LogP contribution >= 0.6 is 23.2 Å². The van der Waals surface area contributed by atoms with E-state index < -0.39 is 0 Å². The third-order valence-electron chi connectivity index (χ3n) is 3.39. The van der Waals surface area contributed by atoms with Gasteiger partial charge in [-0.25, -0.2) is 0 Å². The summed E-state index contributed by atoms with van der Waals surface area (Å²) in [5.41, 5.74) is 0. The van der Waals surface area contributed by atoms with Crippen LogP contribution in [0.4, 0.5) is 5.82 Å². The molecule has 1 saturated heterocycles. The van der Waals surface area contributed by atoms with Gasteiger partial charge >= 0.3 is 0 Å². The molecule has 2 rings (SSSR count). The van der Waals surface area contributed by atoms with E-state index in [4.69, 9.17) is 23.2 Å². The van der Waals surface area contributed by atoms with E-state index in [-0.39, 0.29) is 5.28 Å². The second-order valence-electron chi connectivity index (χ2n) is 4.30. The van der Waals surface area contributed by atoms with Crippen LogP contribution < -0.4 is 4.90 Å². The number of anilines is 1. The van der Waals surface area contributed by atoms with E-state index in [0.717, 1.165) is 32.6 Å². The highest BCUT2D eigenvalue weighted by Crippen LogP contribution is 2.26. The Morgan fingerprint density at radius 1 is 1.28 bits per heavy atom. The van der Waals surface area contributed by atoms with E-state index in [2.05, 4.69) is 38.8 Å². The van der Waals surface area contributed by atoms with Crippen molar-refractivity contribution in [3.05, 3.63) is 10.4 Å². The predicted molar refractivity (Wildman–Crippen MR) is 73.4 cm³/mol. The van der Waals surface area contributed by atoms with Crippen molar-refractivity contribution >= 4 is 29.0 Å². The summed E-state index contributed by atoms with van der Waals surface area (Å²) in [6.45, 7) is 8.33. The van der Waals surface area contributed by atoms with Crippen LogP contribution in [-0.4, -0.2) is 52.3 Å². The zero-order valence-electron chi connectivity index (χ0n) is 10.6. The smallest absolute Gasteiger partial charge is 0.245 e. The van der Waals surface area contributed by atoms with E-state index in [1.807, 2.05) is 0 Å². The van der Waals surface area contributed by atoms with Crippen molar-refractivity contribution in [1.29, 1.82) is 0 Å². The third-order valence-corrected chi connectivity index (χ3v) is 3.80. The Morgan fingerprint density at radius 2 is 2.00 bits per heavy atom. The summed E-state index contributed by atoms with van der Waals surface area (Å²) in [7, 11) is 0. The molecule has 0 aliphatic carbocycles. The quantitative estimate of drug-likeness (QED) is 0.849. The summed E-state index contributed by atoms with van der Waals surface area (Å²) in [6.07, 6.45) is 1.11. The van der Waals surface area contributed by atoms with Crippen molar-refractivity contribution in [1.82, 2.24) is 20.1 Å². The second-order valence-corrected chi connectivity index (χ2v) is 5.00. The summed E-state index contributed by atoms with van der Waals surface area (Å²) < 4.78 is 0. The van der Waals surface area contributed by atoms with Crippen LogP contribution in [0.25, 0.3) is 0 Å². The highest BCUT2D eigenvalue weighted by molar-refractivity contribution is 6.32. The second kappa shape index (κ2) is 5.99. The van der Waals surface area contributed by atoms with E-state index in [0.29, 0.717) is 17.0 Å². The van der Waals surface area contributed by atoms with Gasteiger partial charge in [0.2, 0.25) is 5.28 Å². The van der Waals surface area contributed by atoms with Crippen molar-refractivity contribution in [2.45, 2.75) is 26.3 Å². The fourth-order valence-corrected chi connectivity index (χ4v) is 2.78. The summed E-state index contributed by atoms with van der Waals surface area (Å²) in [4.78, 5) is 8.75. The lowest BCUT2D eigenvalue weighted by molar-refractivity contribution is 0.232. The first-order valence-corrected chi connectivity index (χ1v) is 6.96. The molecule has 2 heterocycles. The molecule has 0 radical (unpaired) electrons. The minimum absolute atomic E-state index is 0.140. The molecule has 0 aromatic carbocycles. The molecule has 7 heteroatoms. The minimum Gasteiger partial charge on any atom is -0.352 e. The van der Waals surface area contributed by atoms with Gasteiger partial charge in [0.05, 0.1) is 0 Å². The fraction of sp³-hybridized carbons (Fsp3) is 0.727. The van der Waals surface area contributed by atoms with Gasteiger partial charge in [0.1, 0.15) is 0 Å². The monoisotopic (exact) mass is 289 g/mol. The van der Waals surface area contributed by atoms with Crippen LogP contribution in [0.1, 0.15) is 20.3 Å². The van der Waals surface area contributed by atoms with Crippen molar-refractivity contribution in [2.75, 3.05) is 31.1 Å². The Hall–Kier alpha value is -0.650. The molecule has 0 amide bonds. The Morgan fingerprint density at radius 3 is 2.67 bits per heavy atom. The molecule has 5 nitrogen and oxygen atoms in total. The first kappa shape index (κ1) is 13.8. The van der Waals surface area contributed by atoms with Crippen LogP contribution in [-0.2, 0) is 0 Å². The largest absolute Gasteiger partial charge is 0.352 e. The maximum Gasteiger partial charge on any atom is 0.245 e. The topological polar surface area (TPSA) is 45.2 Å². The number of halogens is 2. The van der Waals surface area contributed by atoms with Gasteiger partial charge < -0.3 is 4.90 Å². The van der Waals surface area contributed by atoms with Crippen molar-refractivity contribution in [2.24, 2.45) is 0 Å². The predicted octanol–water partition coefficient (Wildman–Crippen LogP) is 2.10. The van der Waals surface area contributed by atoms with Gasteiger partial charge in [-0.05, 0) is 31.1 Å². The van der Waals surface area contributed by atoms with Gasteiger partial charge in [0, 0.05) is 19.1 Å². The van der Waals surface area contributed by atoms with Gasteiger partial charge in [0.25, 0.3) is 0 Å². The van der Waals surface area contributed by atoms with Crippen LogP contribution in [0, 0.1) is 0 Å². The van der Waals surface area contributed by atoms with Crippen LogP contribution in [0.2, 0.25) is 10.4 Å².